The molecule has 0 amide bonds. The standard InChI is InChI=1S/C11H7FOS/c12-10-3-1-8(2-4-10)11-9(7-13)5-6-14-11/h1-7H. The Labute approximate surface area is 84.8 Å². The van der Waals surface area contributed by atoms with Crippen LogP contribution in [0.3, 0.4) is 0 Å². The van der Waals surface area contributed by atoms with E-state index in [1.54, 1.807) is 18.2 Å². The van der Waals surface area contributed by atoms with Crippen LogP contribution in [0.25, 0.3) is 10.4 Å². The zero-order chi connectivity index (χ0) is 9.97. The van der Waals surface area contributed by atoms with Crippen molar-refractivity contribution in [3.05, 3.63) is 47.1 Å². The second-order valence-corrected chi connectivity index (χ2v) is 3.75. The summed E-state index contributed by atoms with van der Waals surface area (Å²) in [6.07, 6.45) is 0.815. The van der Waals surface area contributed by atoms with E-state index < -0.39 is 0 Å². The number of thiophene rings is 1. The molecule has 0 radical (unpaired) electrons. The van der Waals surface area contributed by atoms with Gasteiger partial charge < -0.3 is 0 Å². The van der Waals surface area contributed by atoms with Crippen molar-refractivity contribution in [1.82, 2.24) is 0 Å². The van der Waals surface area contributed by atoms with Crippen LogP contribution in [0.5, 0.6) is 0 Å². The molecule has 1 aromatic heterocycles. The molecular weight excluding hydrogens is 199 g/mol. The van der Waals surface area contributed by atoms with Crippen LogP contribution in [0.15, 0.2) is 35.7 Å². The monoisotopic (exact) mass is 206 g/mol. The first-order valence-corrected chi connectivity index (χ1v) is 4.98. The van der Waals surface area contributed by atoms with Gasteiger partial charge in [-0.05, 0) is 29.1 Å². The maximum absolute atomic E-state index is 12.6. The van der Waals surface area contributed by atoms with E-state index in [-0.39, 0.29) is 5.82 Å². The van der Waals surface area contributed by atoms with Crippen molar-refractivity contribution < 1.29 is 9.18 Å². The molecule has 0 aliphatic heterocycles. The third kappa shape index (κ3) is 1.59. The number of hydrogen-bond donors (Lipinski definition) is 0. The van der Waals surface area contributed by atoms with E-state index in [0.29, 0.717) is 5.56 Å². The van der Waals surface area contributed by atoms with Crippen LogP contribution in [0.4, 0.5) is 4.39 Å². The quantitative estimate of drug-likeness (QED) is 0.688. The second-order valence-electron chi connectivity index (χ2n) is 2.83. The van der Waals surface area contributed by atoms with Crippen molar-refractivity contribution in [2.45, 2.75) is 0 Å². The van der Waals surface area contributed by atoms with E-state index in [2.05, 4.69) is 0 Å². The lowest BCUT2D eigenvalue weighted by Gasteiger charge is -1.98. The molecule has 0 spiro atoms. The number of carbonyl (C=O) groups excluding carboxylic acids is 1. The SMILES string of the molecule is O=Cc1ccsc1-c1ccc(F)cc1. The zero-order valence-electron chi connectivity index (χ0n) is 7.24. The molecule has 0 fully saturated rings. The first-order chi connectivity index (χ1) is 6.81. The van der Waals surface area contributed by atoms with Gasteiger partial charge in [0.2, 0.25) is 0 Å². The van der Waals surface area contributed by atoms with Crippen molar-refractivity contribution in [1.29, 1.82) is 0 Å². The molecule has 1 heterocycles. The predicted molar refractivity (Wildman–Crippen MR) is 55.1 cm³/mol. The highest BCUT2D eigenvalue weighted by atomic mass is 32.1. The molecule has 0 aliphatic carbocycles. The predicted octanol–water partition coefficient (Wildman–Crippen LogP) is 3.37. The van der Waals surface area contributed by atoms with Crippen LogP contribution in [-0.2, 0) is 0 Å². The Bertz CT molecular complexity index is 445. The average Bonchev–Trinajstić information content (AvgIpc) is 2.67. The Kier molecular flexibility index (Phi) is 2.41. The Morgan fingerprint density at radius 1 is 1.14 bits per heavy atom. The van der Waals surface area contributed by atoms with Crippen LogP contribution in [0.2, 0.25) is 0 Å². The lowest BCUT2D eigenvalue weighted by molar-refractivity contribution is 0.112. The minimum atomic E-state index is -0.266. The van der Waals surface area contributed by atoms with Crippen molar-refractivity contribution in [2.75, 3.05) is 0 Å². The van der Waals surface area contributed by atoms with Gasteiger partial charge >= 0.3 is 0 Å². The van der Waals surface area contributed by atoms with Gasteiger partial charge in [0.1, 0.15) is 5.82 Å². The maximum atomic E-state index is 12.6. The number of benzene rings is 1. The molecule has 14 heavy (non-hydrogen) atoms. The van der Waals surface area contributed by atoms with Gasteiger partial charge in [-0.25, -0.2) is 4.39 Å². The molecule has 0 aliphatic rings. The molecule has 0 bridgehead atoms. The van der Waals surface area contributed by atoms with Gasteiger partial charge in [-0.15, -0.1) is 11.3 Å². The lowest BCUT2D eigenvalue weighted by atomic mass is 10.1. The summed E-state index contributed by atoms with van der Waals surface area (Å²) in [6, 6.07) is 7.89. The third-order valence-electron chi connectivity index (χ3n) is 1.93. The molecule has 0 saturated carbocycles. The van der Waals surface area contributed by atoms with Crippen molar-refractivity contribution in [2.24, 2.45) is 0 Å². The molecule has 2 aromatic rings. The van der Waals surface area contributed by atoms with Crippen LogP contribution in [0.1, 0.15) is 10.4 Å². The molecule has 0 N–H and O–H groups in total. The van der Waals surface area contributed by atoms with E-state index in [9.17, 15) is 9.18 Å². The van der Waals surface area contributed by atoms with Gasteiger partial charge in [0.25, 0.3) is 0 Å². The smallest absolute Gasteiger partial charge is 0.151 e. The number of carbonyl (C=O) groups is 1. The van der Waals surface area contributed by atoms with Gasteiger partial charge in [0, 0.05) is 10.4 Å². The van der Waals surface area contributed by atoms with Crippen LogP contribution < -0.4 is 0 Å². The molecule has 2 rings (SSSR count). The van der Waals surface area contributed by atoms with E-state index in [1.165, 1.54) is 23.5 Å². The highest BCUT2D eigenvalue weighted by Crippen LogP contribution is 2.28. The summed E-state index contributed by atoms with van der Waals surface area (Å²) in [5.41, 5.74) is 1.53. The lowest BCUT2D eigenvalue weighted by Crippen LogP contribution is -1.80. The first kappa shape index (κ1) is 9.09. The fourth-order valence-corrected chi connectivity index (χ4v) is 2.12. The fraction of sp³-hybridized carbons (Fsp3) is 0. The van der Waals surface area contributed by atoms with Gasteiger partial charge in [0.15, 0.2) is 6.29 Å². The minimum absolute atomic E-state index is 0.266. The van der Waals surface area contributed by atoms with E-state index in [0.717, 1.165) is 16.7 Å². The number of halogens is 1. The summed E-state index contributed by atoms with van der Waals surface area (Å²) in [6.45, 7) is 0. The second kappa shape index (κ2) is 3.72. The zero-order valence-corrected chi connectivity index (χ0v) is 8.05. The van der Waals surface area contributed by atoms with Gasteiger partial charge in [-0.2, -0.15) is 0 Å². The molecule has 1 aromatic carbocycles. The van der Waals surface area contributed by atoms with Crippen LogP contribution >= 0.6 is 11.3 Å². The summed E-state index contributed by atoms with van der Waals surface area (Å²) in [5.74, 6) is -0.266. The maximum Gasteiger partial charge on any atom is 0.151 e. The van der Waals surface area contributed by atoms with E-state index in [1.807, 2.05) is 5.38 Å². The number of rotatable bonds is 2. The van der Waals surface area contributed by atoms with Gasteiger partial charge in [0.05, 0.1) is 0 Å². The summed E-state index contributed by atoms with van der Waals surface area (Å²) in [7, 11) is 0. The molecule has 70 valence electrons. The highest BCUT2D eigenvalue weighted by Gasteiger charge is 2.05. The topological polar surface area (TPSA) is 17.1 Å². The molecule has 1 nitrogen and oxygen atoms in total. The summed E-state index contributed by atoms with van der Waals surface area (Å²) in [5, 5.41) is 1.85. The van der Waals surface area contributed by atoms with Crippen molar-refractivity contribution in [3.63, 3.8) is 0 Å². The largest absolute Gasteiger partial charge is 0.298 e. The fourth-order valence-electron chi connectivity index (χ4n) is 1.25. The van der Waals surface area contributed by atoms with Crippen molar-refractivity contribution in [3.8, 4) is 10.4 Å². The van der Waals surface area contributed by atoms with E-state index in [4.69, 9.17) is 0 Å². The summed E-state index contributed by atoms with van der Waals surface area (Å²) < 4.78 is 12.6. The highest BCUT2D eigenvalue weighted by molar-refractivity contribution is 7.14. The van der Waals surface area contributed by atoms with Crippen LogP contribution in [-0.4, -0.2) is 6.29 Å². The first-order valence-electron chi connectivity index (χ1n) is 4.10. The van der Waals surface area contributed by atoms with E-state index >= 15 is 0 Å². The Hall–Kier alpha value is -1.48. The molecule has 0 atom stereocenters. The molecule has 0 saturated heterocycles. The molecular formula is C11H7FOS. The summed E-state index contributed by atoms with van der Waals surface area (Å²) in [4.78, 5) is 11.6. The van der Waals surface area contributed by atoms with Gasteiger partial charge in [-0.3, -0.25) is 4.79 Å². The summed E-state index contributed by atoms with van der Waals surface area (Å²) >= 11 is 1.48. The number of aldehydes is 1. The Balaban J connectivity index is 2.49. The van der Waals surface area contributed by atoms with Crippen LogP contribution in [0, 0.1) is 5.82 Å². The van der Waals surface area contributed by atoms with Gasteiger partial charge in [-0.1, -0.05) is 12.1 Å². The molecule has 0 unspecified atom stereocenters. The number of hydrogen-bond acceptors (Lipinski definition) is 2. The Morgan fingerprint density at radius 2 is 1.86 bits per heavy atom. The average molecular weight is 206 g/mol. The van der Waals surface area contributed by atoms with Crippen molar-refractivity contribution >= 4 is 17.6 Å². The Morgan fingerprint density at radius 3 is 2.50 bits per heavy atom. The third-order valence-corrected chi connectivity index (χ3v) is 2.91. The molecule has 3 heteroatoms. The normalized spacial score (nSPS) is 10.1. The minimum Gasteiger partial charge on any atom is -0.298 e.